The van der Waals surface area contributed by atoms with Crippen molar-refractivity contribution in [3.63, 3.8) is 0 Å². The fourth-order valence-electron chi connectivity index (χ4n) is 1.91. The van der Waals surface area contributed by atoms with Gasteiger partial charge in [0.25, 0.3) is 0 Å². The molecular formula is C11H10ClN3. The third kappa shape index (κ3) is 1.39. The summed E-state index contributed by atoms with van der Waals surface area (Å²) in [6, 6.07) is 5.87. The molecule has 0 amide bonds. The van der Waals surface area contributed by atoms with E-state index in [9.17, 15) is 0 Å². The Labute approximate surface area is 92.7 Å². The fourth-order valence-corrected chi connectivity index (χ4v) is 2.08. The molecule has 3 rings (SSSR count). The molecule has 0 fully saturated rings. The monoisotopic (exact) mass is 219 g/mol. The SMILES string of the molecule is Clc1ccc2c(c1)NCCc1cncn1-2. The number of nitrogens with zero attached hydrogens (tertiary/aromatic N) is 2. The lowest BCUT2D eigenvalue weighted by atomic mass is 10.2. The first-order valence-corrected chi connectivity index (χ1v) is 5.27. The van der Waals surface area contributed by atoms with Gasteiger partial charge in [0.2, 0.25) is 0 Å². The Morgan fingerprint density at radius 2 is 2.33 bits per heavy atom. The van der Waals surface area contributed by atoms with Gasteiger partial charge >= 0.3 is 0 Å². The molecule has 1 N–H and O–H groups in total. The average Bonchev–Trinajstić information content (AvgIpc) is 2.61. The molecule has 1 aromatic heterocycles. The van der Waals surface area contributed by atoms with E-state index < -0.39 is 0 Å². The van der Waals surface area contributed by atoms with Crippen LogP contribution in [0.3, 0.4) is 0 Å². The van der Waals surface area contributed by atoms with Crippen LogP contribution in [0.2, 0.25) is 5.02 Å². The number of hydrogen-bond acceptors (Lipinski definition) is 2. The van der Waals surface area contributed by atoms with Crippen molar-refractivity contribution in [3.05, 3.63) is 41.4 Å². The van der Waals surface area contributed by atoms with Crippen molar-refractivity contribution in [2.45, 2.75) is 6.42 Å². The zero-order chi connectivity index (χ0) is 10.3. The van der Waals surface area contributed by atoms with E-state index in [0.717, 1.165) is 29.4 Å². The molecule has 76 valence electrons. The molecule has 1 aromatic carbocycles. The highest BCUT2D eigenvalue weighted by Gasteiger charge is 2.12. The highest BCUT2D eigenvalue weighted by molar-refractivity contribution is 6.31. The Morgan fingerprint density at radius 1 is 1.40 bits per heavy atom. The van der Waals surface area contributed by atoms with Crippen molar-refractivity contribution < 1.29 is 0 Å². The van der Waals surface area contributed by atoms with E-state index in [1.807, 2.05) is 30.7 Å². The predicted octanol–water partition coefficient (Wildman–Crippen LogP) is 2.49. The Morgan fingerprint density at radius 3 is 3.27 bits per heavy atom. The zero-order valence-electron chi connectivity index (χ0n) is 8.07. The smallest absolute Gasteiger partial charge is 0.0994 e. The first-order valence-electron chi connectivity index (χ1n) is 4.89. The van der Waals surface area contributed by atoms with Gasteiger partial charge in [-0.3, -0.25) is 0 Å². The minimum Gasteiger partial charge on any atom is -0.383 e. The van der Waals surface area contributed by atoms with Crippen LogP contribution < -0.4 is 5.32 Å². The quantitative estimate of drug-likeness (QED) is 0.738. The van der Waals surface area contributed by atoms with E-state index in [1.165, 1.54) is 5.69 Å². The average molecular weight is 220 g/mol. The molecule has 0 spiro atoms. The van der Waals surface area contributed by atoms with Crippen molar-refractivity contribution in [3.8, 4) is 5.69 Å². The minimum atomic E-state index is 0.754. The van der Waals surface area contributed by atoms with Crippen molar-refractivity contribution in [1.29, 1.82) is 0 Å². The first-order chi connectivity index (χ1) is 7.34. The standard InChI is InChI=1S/C11H10ClN3/c12-8-1-2-11-10(5-8)14-4-3-9-6-13-7-15(9)11/h1-2,5-7,14H,3-4H2. The van der Waals surface area contributed by atoms with Gasteiger partial charge in [-0.2, -0.15) is 0 Å². The van der Waals surface area contributed by atoms with Crippen molar-refractivity contribution in [2.24, 2.45) is 0 Å². The summed E-state index contributed by atoms with van der Waals surface area (Å²) in [6.45, 7) is 0.916. The normalized spacial score (nSPS) is 13.7. The van der Waals surface area contributed by atoms with Crippen LogP contribution in [-0.2, 0) is 6.42 Å². The van der Waals surface area contributed by atoms with Crippen LogP contribution in [0.25, 0.3) is 5.69 Å². The van der Waals surface area contributed by atoms with Crippen LogP contribution in [0, 0.1) is 0 Å². The molecule has 0 aliphatic carbocycles. The van der Waals surface area contributed by atoms with Crippen LogP contribution in [0.4, 0.5) is 5.69 Å². The first kappa shape index (κ1) is 8.80. The fraction of sp³-hybridized carbons (Fsp3) is 0.182. The number of aromatic nitrogens is 2. The van der Waals surface area contributed by atoms with Gasteiger partial charge in [-0.1, -0.05) is 11.6 Å². The van der Waals surface area contributed by atoms with Gasteiger partial charge in [-0.05, 0) is 18.2 Å². The lowest BCUT2D eigenvalue weighted by Gasteiger charge is -2.09. The number of rotatable bonds is 0. The maximum atomic E-state index is 5.97. The Kier molecular flexibility index (Phi) is 1.92. The van der Waals surface area contributed by atoms with Gasteiger partial charge < -0.3 is 9.88 Å². The summed E-state index contributed by atoms with van der Waals surface area (Å²) in [7, 11) is 0. The lowest BCUT2D eigenvalue weighted by Crippen LogP contribution is -2.01. The molecule has 1 aliphatic rings. The summed E-state index contributed by atoms with van der Waals surface area (Å²) in [5, 5.41) is 4.12. The Balaban J connectivity index is 2.25. The second-order valence-corrected chi connectivity index (χ2v) is 4.03. The van der Waals surface area contributed by atoms with Crippen molar-refractivity contribution in [1.82, 2.24) is 9.55 Å². The van der Waals surface area contributed by atoms with Crippen LogP contribution in [0.1, 0.15) is 5.69 Å². The van der Waals surface area contributed by atoms with Gasteiger partial charge in [-0.15, -0.1) is 0 Å². The maximum Gasteiger partial charge on any atom is 0.0994 e. The molecule has 3 nitrogen and oxygen atoms in total. The minimum absolute atomic E-state index is 0.754. The van der Waals surface area contributed by atoms with Crippen LogP contribution in [-0.4, -0.2) is 16.1 Å². The number of fused-ring (bicyclic) bond motifs is 3. The summed E-state index contributed by atoms with van der Waals surface area (Å²) in [4.78, 5) is 4.17. The van der Waals surface area contributed by atoms with Crippen LogP contribution in [0.5, 0.6) is 0 Å². The van der Waals surface area contributed by atoms with E-state index in [1.54, 1.807) is 0 Å². The molecule has 0 saturated heterocycles. The summed E-state index contributed by atoms with van der Waals surface area (Å²) in [5.41, 5.74) is 3.41. The van der Waals surface area contributed by atoms with Crippen molar-refractivity contribution >= 4 is 17.3 Å². The summed E-state index contributed by atoms with van der Waals surface area (Å²) >= 11 is 5.97. The van der Waals surface area contributed by atoms with Gasteiger partial charge in [0.15, 0.2) is 0 Å². The number of halogens is 1. The third-order valence-electron chi connectivity index (χ3n) is 2.63. The van der Waals surface area contributed by atoms with E-state index in [0.29, 0.717) is 0 Å². The Bertz CT molecular complexity index is 504. The van der Waals surface area contributed by atoms with E-state index in [4.69, 9.17) is 11.6 Å². The summed E-state index contributed by atoms with van der Waals surface area (Å²) < 4.78 is 2.10. The summed E-state index contributed by atoms with van der Waals surface area (Å²) in [6.07, 6.45) is 4.73. The number of imidazole rings is 1. The molecule has 0 saturated carbocycles. The molecule has 2 aromatic rings. The molecule has 4 heteroatoms. The highest BCUT2D eigenvalue weighted by atomic mass is 35.5. The third-order valence-corrected chi connectivity index (χ3v) is 2.86. The lowest BCUT2D eigenvalue weighted by molar-refractivity contribution is 0.928. The molecular weight excluding hydrogens is 210 g/mol. The van der Waals surface area contributed by atoms with E-state index in [2.05, 4.69) is 14.9 Å². The summed E-state index contributed by atoms with van der Waals surface area (Å²) in [5.74, 6) is 0. The van der Waals surface area contributed by atoms with Gasteiger partial charge in [0, 0.05) is 29.9 Å². The molecule has 0 atom stereocenters. The number of hydrogen-bond donors (Lipinski definition) is 1. The topological polar surface area (TPSA) is 29.9 Å². The second kappa shape index (κ2) is 3.28. The predicted molar refractivity (Wildman–Crippen MR) is 60.8 cm³/mol. The second-order valence-electron chi connectivity index (χ2n) is 3.59. The molecule has 1 aliphatic heterocycles. The molecule has 0 radical (unpaired) electrons. The zero-order valence-corrected chi connectivity index (χ0v) is 8.83. The molecule has 2 heterocycles. The molecule has 15 heavy (non-hydrogen) atoms. The van der Waals surface area contributed by atoms with E-state index >= 15 is 0 Å². The maximum absolute atomic E-state index is 5.97. The van der Waals surface area contributed by atoms with Crippen LogP contribution >= 0.6 is 11.6 Å². The van der Waals surface area contributed by atoms with Crippen molar-refractivity contribution in [2.75, 3.05) is 11.9 Å². The molecule has 0 unspecified atom stereocenters. The number of nitrogens with one attached hydrogen (secondary N) is 1. The van der Waals surface area contributed by atoms with E-state index in [-0.39, 0.29) is 0 Å². The van der Waals surface area contributed by atoms with Gasteiger partial charge in [-0.25, -0.2) is 4.98 Å². The number of anilines is 1. The number of benzene rings is 1. The highest BCUT2D eigenvalue weighted by Crippen LogP contribution is 2.27. The van der Waals surface area contributed by atoms with Gasteiger partial charge in [0.1, 0.15) is 0 Å². The van der Waals surface area contributed by atoms with Crippen LogP contribution in [0.15, 0.2) is 30.7 Å². The molecule has 0 bridgehead atoms. The van der Waals surface area contributed by atoms with Gasteiger partial charge in [0.05, 0.1) is 17.7 Å². The largest absolute Gasteiger partial charge is 0.383 e. The Hall–Kier alpha value is -1.48.